The van der Waals surface area contributed by atoms with Crippen LogP contribution in [0.3, 0.4) is 0 Å². The number of benzene rings is 1. The van der Waals surface area contributed by atoms with Gasteiger partial charge in [0.2, 0.25) is 12.7 Å². The molecule has 7 nitrogen and oxygen atoms in total. The number of halogens is 1. The Labute approximate surface area is 152 Å². The number of ether oxygens (including phenoxy) is 2. The molecule has 1 aromatic rings. The van der Waals surface area contributed by atoms with Crippen LogP contribution in [0.25, 0.3) is 0 Å². The van der Waals surface area contributed by atoms with Crippen molar-refractivity contribution >= 4 is 24.2 Å². The Bertz CT molecular complexity index is 684. The summed E-state index contributed by atoms with van der Waals surface area (Å²) in [4.78, 5) is 29.1. The first-order valence-corrected chi connectivity index (χ1v) is 8.38. The smallest absolute Gasteiger partial charge is 0.254 e. The van der Waals surface area contributed by atoms with E-state index >= 15 is 0 Å². The first-order valence-electron chi connectivity index (χ1n) is 8.38. The minimum Gasteiger partial charge on any atom is -0.454 e. The molecule has 1 aromatic carbocycles. The van der Waals surface area contributed by atoms with Crippen molar-refractivity contribution in [2.75, 3.05) is 26.4 Å². The molecule has 4 rings (SSSR count). The van der Waals surface area contributed by atoms with Crippen molar-refractivity contribution in [2.24, 2.45) is 5.73 Å². The quantitative estimate of drug-likeness (QED) is 0.843. The zero-order valence-corrected chi connectivity index (χ0v) is 14.7. The summed E-state index contributed by atoms with van der Waals surface area (Å²) in [6.07, 6.45) is 2.38. The van der Waals surface area contributed by atoms with Gasteiger partial charge in [-0.2, -0.15) is 0 Å². The van der Waals surface area contributed by atoms with Gasteiger partial charge in [-0.05, 0) is 37.5 Å². The zero-order valence-electron chi connectivity index (χ0n) is 13.8. The van der Waals surface area contributed by atoms with Gasteiger partial charge < -0.3 is 25.0 Å². The highest BCUT2D eigenvalue weighted by molar-refractivity contribution is 5.98. The number of nitrogens with two attached hydrogens (primary N) is 1. The number of nitrogens with zero attached hydrogens (tertiary/aromatic N) is 2. The first-order chi connectivity index (χ1) is 11.6. The van der Waals surface area contributed by atoms with E-state index < -0.39 is 0 Å². The molecule has 1 unspecified atom stereocenters. The average molecular weight is 368 g/mol. The Hall–Kier alpha value is -1.99. The van der Waals surface area contributed by atoms with Gasteiger partial charge in [-0.15, -0.1) is 12.4 Å². The summed E-state index contributed by atoms with van der Waals surface area (Å²) in [7, 11) is 0. The van der Waals surface area contributed by atoms with E-state index in [1.54, 1.807) is 28.0 Å². The molecule has 0 aliphatic carbocycles. The van der Waals surface area contributed by atoms with E-state index in [-0.39, 0.29) is 43.1 Å². The third kappa shape index (κ3) is 3.26. The number of carbonyl (C=O) groups is 2. The molecule has 2 saturated heterocycles. The zero-order chi connectivity index (χ0) is 16.7. The van der Waals surface area contributed by atoms with Crippen molar-refractivity contribution in [3.63, 3.8) is 0 Å². The number of likely N-dealkylation sites (tertiary alicyclic amines) is 2. The van der Waals surface area contributed by atoms with Crippen molar-refractivity contribution in [1.29, 1.82) is 0 Å². The monoisotopic (exact) mass is 367 g/mol. The highest BCUT2D eigenvalue weighted by atomic mass is 35.5. The molecule has 2 atom stereocenters. The van der Waals surface area contributed by atoms with Gasteiger partial charge in [-0.3, -0.25) is 9.59 Å². The predicted molar refractivity (Wildman–Crippen MR) is 93.0 cm³/mol. The molecule has 3 aliphatic rings. The molecular weight excluding hydrogens is 346 g/mol. The van der Waals surface area contributed by atoms with Crippen LogP contribution in [-0.4, -0.2) is 60.1 Å². The lowest BCUT2D eigenvalue weighted by atomic mass is 10.1. The third-order valence-electron chi connectivity index (χ3n) is 4.95. The fourth-order valence-corrected chi connectivity index (χ4v) is 3.66. The summed E-state index contributed by atoms with van der Waals surface area (Å²) in [6.45, 7) is 2.04. The number of fused-ring (bicyclic) bond motifs is 1. The third-order valence-corrected chi connectivity index (χ3v) is 4.95. The van der Waals surface area contributed by atoms with E-state index in [0.717, 1.165) is 12.8 Å². The molecule has 2 N–H and O–H groups in total. The minimum absolute atomic E-state index is 0. The summed E-state index contributed by atoms with van der Waals surface area (Å²) in [5.74, 6) is 1.11. The fourth-order valence-electron chi connectivity index (χ4n) is 3.66. The molecule has 3 heterocycles. The summed E-state index contributed by atoms with van der Waals surface area (Å²) < 4.78 is 10.6. The Kier molecular flexibility index (Phi) is 5.06. The van der Waals surface area contributed by atoms with E-state index in [1.807, 2.05) is 0 Å². The standard InChI is InChI=1S/C17H21N3O4.ClH/c18-12-5-7-19(9-12)17(22)13-2-1-6-20(13)16(21)11-3-4-14-15(8-11)24-10-23-14;/h3-4,8,12-13H,1-2,5-7,9-10,18H2;1H/t12-,13?;/m1./s1. The Morgan fingerprint density at radius 3 is 2.68 bits per heavy atom. The van der Waals surface area contributed by atoms with Crippen molar-refractivity contribution in [3.05, 3.63) is 23.8 Å². The Morgan fingerprint density at radius 1 is 1.12 bits per heavy atom. The van der Waals surface area contributed by atoms with E-state index in [9.17, 15) is 9.59 Å². The van der Waals surface area contributed by atoms with Crippen LogP contribution in [0.1, 0.15) is 29.6 Å². The van der Waals surface area contributed by atoms with E-state index in [0.29, 0.717) is 43.1 Å². The summed E-state index contributed by atoms with van der Waals surface area (Å²) in [5, 5.41) is 0. The maximum absolute atomic E-state index is 12.9. The van der Waals surface area contributed by atoms with Crippen LogP contribution in [0.2, 0.25) is 0 Å². The maximum atomic E-state index is 12.9. The second-order valence-electron chi connectivity index (χ2n) is 6.56. The molecule has 136 valence electrons. The molecule has 0 saturated carbocycles. The highest BCUT2D eigenvalue weighted by Gasteiger charge is 2.38. The Balaban J connectivity index is 0.00000182. The topological polar surface area (TPSA) is 85.1 Å². The molecule has 0 spiro atoms. The van der Waals surface area contributed by atoms with Crippen LogP contribution in [0.5, 0.6) is 11.5 Å². The predicted octanol–water partition coefficient (Wildman–Crippen LogP) is 1.00. The van der Waals surface area contributed by atoms with Gasteiger partial charge in [0.05, 0.1) is 0 Å². The molecule has 0 radical (unpaired) electrons. The lowest BCUT2D eigenvalue weighted by Crippen LogP contribution is -2.47. The first kappa shape index (κ1) is 17.8. The summed E-state index contributed by atoms with van der Waals surface area (Å²) in [6, 6.07) is 4.82. The molecule has 3 aliphatic heterocycles. The van der Waals surface area contributed by atoms with Crippen LogP contribution >= 0.6 is 12.4 Å². The van der Waals surface area contributed by atoms with Crippen LogP contribution < -0.4 is 15.2 Å². The van der Waals surface area contributed by atoms with E-state index in [1.165, 1.54) is 0 Å². The van der Waals surface area contributed by atoms with E-state index in [4.69, 9.17) is 15.2 Å². The molecule has 0 aromatic heterocycles. The fraction of sp³-hybridized carbons (Fsp3) is 0.529. The van der Waals surface area contributed by atoms with Gasteiger partial charge >= 0.3 is 0 Å². The van der Waals surface area contributed by atoms with Gasteiger partial charge in [0.25, 0.3) is 5.91 Å². The van der Waals surface area contributed by atoms with Gasteiger partial charge in [0.1, 0.15) is 6.04 Å². The largest absolute Gasteiger partial charge is 0.454 e. The number of carbonyl (C=O) groups excluding carboxylic acids is 2. The van der Waals surface area contributed by atoms with Crippen molar-refractivity contribution < 1.29 is 19.1 Å². The maximum Gasteiger partial charge on any atom is 0.254 e. The molecule has 0 bridgehead atoms. The Morgan fingerprint density at radius 2 is 1.92 bits per heavy atom. The number of hydrogen-bond acceptors (Lipinski definition) is 5. The molecule has 2 fully saturated rings. The lowest BCUT2D eigenvalue weighted by Gasteiger charge is -2.28. The molecule has 25 heavy (non-hydrogen) atoms. The van der Waals surface area contributed by atoms with Gasteiger partial charge in [-0.25, -0.2) is 0 Å². The van der Waals surface area contributed by atoms with Crippen LogP contribution in [0, 0.1) is 0 Å². The van der Waals surface area contributed by atoms with Gasteiger partial charge in [-0.1, -0.05) is 0 Å². The second-order valence-corrected chi connectivity index (χ2v) is 6.56. The lowest BCUT2D eigenvalue weighted by molar-refractivity contribution is -0.134. The van der Waals surface area contributed by atoms with Crippen molar-refractivity contribution in [2.45, 2.75) is 31.3 Å². The van der Waals surface area contributed by atoms with Gasteiger partial charge in [0, 0.05) is 31.2 Å². The van der Waals surface area contributed by atoms with Crippen LogP contribution in [0.15, 0.2) is 18.2 Å². The molecule has 2 amide bonds. The van der Waals surface area contributed by atoms with E-state index in [2.05, 4.69) is 0 Å². The average Bonchev–Trinajstić information content (AvgIpc) is 3.32. The number of hydrogen-bond donors (Lipinski definition) is 1. The van der Waals surface area contributed by atoms with Gasteiger partial charge in [0.15, 0.2) is 11.5 Å². The van der Waals surface area contributed by atoms with Crippen LogP contribution in [-0.2, 0) is 4.79 Å². The van der Waals surface area contributed by atoms with Crippen LogP contribution in [0.4, 0.5) is 0 Å². The van der Waals surface area contributed by atoms with Crippen molar-refractivity contribution in [3.8, 4) is 11.5 Å². The number of rotatable bonds is 2. The number of amides is 2. The SMILES string of the molecule is Cl.N[C@@H]1CCN(C(=O)C2CCCN2C(=O)c2ccc3c(c2)OCO3)C1. The summed E-state index contributed by atoms with van der Waals surface area (Å²) in [5.41, 5.74) is 6.42. The molecule has 8 heteroatoms. The normalized spacial score (nSPS) is 24.4. The molecular formula is C17H22ClN3O4. The summed E-state index contributed by atoms with van der Waals surface area (Å²) >= 11 is 0. The second kappa shape index (κ2) is 7.09. The minimum atomic E-state index is -0.381. The highest BCUT2D eigenvalue weighted by Crippen LogP contribution is 2.33. The van der Waals surface area contributed by atoms with Crippen molar-refractivity contribution in [1.82, 2.24) is 9.80 Å².